The SMILES string of the molecule is NC(=O)c1cc(F)ccc1NC(=O)CCC(=O)O.O=C(O)CCc1nc2ccc(F)cc2c(=O)[nH]1. The summed E-state index contributed by atoms with van der Waals surface area (Å²) in [6.45, 7) is 0. The fourth-order valence-corrected chi connectivity index (χ4v) is 2.77. The molecule has 0 aliphatic heterocycles. The minimum atomic E-state index is -1.11. The van der Waals surface area contributed by atoms with Crippen molar-refractivity contribution in [1.82, 2.24) is 9.97 Å². The van der Waals surface area contributed by atoms with E-state index in [9.17, 15) is 32.8 Å². The van der Waals surface area contributed by atoms with Gasteiger partial charge in [-0.3, -0.25) is 24.0 Å². The van der Waals surface area contributed by atoms with Crippen LogP contribution < -0.4 is 16.6 Å². The van der Waals surface area contributed by atoms with E-state index in [1.807, 2.05) is 0 Å². The number of aromatic amines is 1. The first kappa shape index (κ1) is 26.6. The average Bonchev–Trinajstić information content (AvgIpc) is 2.78. The van der Waals surface area contributed by atoms with Gasteiger partial charge in [0, 0.05) is 12.8 Å². The number of aryl methyl sites for hydroxylation is 1. The number of rotatable bonds is 8. The van der Waals surface area contributed by atoms with Crippen LogP contribution in [0.4, 0.5) is 14.5 Å². The molecule has 0 saturated heterocycles. The zero-order valence-electron chi connectivity index (χ0n) is 18.0. The van der Waals surface area contributed by atoms with Gasteiger partial charge in [-0.05, 0) is 36.4 Å². The molecule has 0 saturated carbocycles. The molecule has 13 heteroatoms. The third-order valence-corrected chi connectivity index (χ3v) is 4.38. The molecule has 1 aromatic heterocycles. The molecule has 11 nitrogen and oxygen atoms in total. The zero-order valence-corrected chi connectivity index (χ0v) is 18.0. The first-order valence-electron chi connectivity index (χ1n) is 9.97. The number of primary amides is 1. The molecule has 2 aromatic carbocycles. The largest absolute Gasteiger partial charge is 0.481 e. The maximum Gasteiger partial charge on any atom is 0.303 e. The number of halogens is 2. The van der Waals surface area contributed by atoms with E-state index in [-0.39, 0.29) is 48.1 Å². The summed E-state index contributed by atoms with van der Waals surface area (Å²) in [6.07, 6.45) is -0.558. The highest BCUT2D eigenvalue weighted by molar-refractivity contribution is 6.03. The van der Waals surface area contributed by atoms with Crippen molar-refractivity contribution < 1.29 is 38.2 Å². The van der Waals surface area contributed by atoms with Crippen LogP contribution in [0.3, 0.4) is 0 Å². The molecule has 0 fully saturated rings. The predicted molar refractivity (Wildman–Crippen MR) is 119 cm³/mol. The summed E-state index contributed by atoms with van der Waals surface area (Å²) >= 11 is 0. The van der Waals surface area contributed by atoms with Crippen molar-refractivity contribution in [1.29, 1.82) is 0 Å². The van der Waals surface area contributed by atoms with E-state index in [1.165, 1.54) is 18.2 Å². The molecule has 184 valence electrons. The summed E-state index contributed by atoms with van der Waals surface area (Å²) in [5.41, 5.74) is 4.81. The lowest BCUT2D eigenvalue weighted by molar-refractivity contribution is -0.138. The number of nitrogens with two attached hydrogens (primary N) is 1. The average molecular weight is 490 g/mol. The summed E-state index contributed by atoms with van der Waals surface area (Å²) in [5.74, 6) is -4.44. The molecule has 0 bridgehead atoms. The number of carboxylic acids is 2. The number of anilines is 1. The van der Waals surface area contributed by atoms with E-state index in [2.05, 4.69) is 15.3 Å². The van der Waals surface area contributed by atoms with E-state index >= 15 is 0 Å². The smallest absolute Gasteiger partial charge is 0.303 e. The van der Waals surface area contributed by atoms with Gasteiger partial charge in [0.1, 0.15) is 17.5 Å². The highest BCUT2D eigenvalue weighted by Gasteiger charge is 2.13. The van der Waals surface area contributed by atoms with E-state index < -0.39 is 40.9 Å². The minimum absolute atomic E-state index is 0.0549. The van der Waals surface area contributed by atoms with Crippen LogP contribution in [0.2, 0.25) is 0 Å². The van der Waals surface area contributed by atoms with Gasteiger partial charge >= 0.3 is 11.9 Å². The highest BCUT2D eigenvalue weighted by Crippen LogP contribution is 2.17. The van der Waals surface area contributed by atoms with Crippen molar-refractivity contribution in [3.05, 3.63) is 69.8 Å². The number of fused-ring (bicyclic) bond motifs is 1. The van der Waals surface area contributed by atoms with E-state index in [4.69, 9.17) is 15.9 Å². The number of H-pyrrole nitrogens is 1. The molecule has 0 atom stereocenters. The second-order valence-electron chi connectivity index (χ2n) is 7.06. The molecule has 2 amide bonds. The number of nitrogens with one attached hydrogen (secondary N) is 2. The van der Waals surface area contributed by atoms with Crippen molar-refractivity contribution in [3.8, 4) is 0 Å². The normalized spacial score (nSPS) is 10.2. The van der Waals surface area contributed by atoms with Crippen molar-refractivity contribution in [2.45, 2.75) is 25.7 Å². The second-order valence-corrected chi connectivity index (χ2v) is 7.06. The number of aromatic nitrogens is 2. The summed E-state index contributed by atoms with van der Waals surface area (Å²) < 4.78 is 25.8. The number of carbonyl (C=O) groups excluding carboxylic acids is 2. The summed E-state index contributed by atoms with van der Waals surface area (Å²) in [7, 11) is 0. The van der Waals surface area contributed by atoms with Gasteiger partial charge in [0.25, 0.3) is 11.5 Å². The highest BCUT2D eigenvalue weighted by atomic mass is 19.1. The Balaban J connectivity index is 0.000000247. The Kier molecular flexibility index (Phi) is 9.09. The first-order chi connectivity index (χ1) is 16.5. The van der Waals surface area contributed by atoms with Crippen LogP contribution in [0.15, 0.2) is 41.2 Å². The Morgan fingerprint density at radius 2 is 1.57 bits per heavy atom. The third kappa shape index (κ3) is 8.31. The topological polar surface area (TPSA) is 193 Å². The molecule has 0 spiro atoms. The molecule has 35 heavy (non-hydrogen) atoms. The van der Waals surface area contributed by atoms with Gasteiger partial charge in [-0.2, -0.15) is 0 Å². The molecule has 0 unspecified atom stereocenters. The number of hydrogen-bond acceptors (Lipinski definition) is 6. The molecular formula is C22H20F2N4O7. The van der Waals surface area contributed by atoms with E-state index in [1.54, 1.807) is 0 Å². The lowest BCUT2D eigenvalue weighted by Gasteiger charge is -2.08. The van der Waals surface area contributed by atoms with Gasteiger partial charge in [-0.15, -0.1) is 0 Å². The van der Waals surface area contributed by atoms with Crippen molar-refractivity contribution in [3.63, 3.8) is 0 Å². The minimum Gasteiger partial charge on any atom is -0.481 e. The van der Waals surface area contributed by atoms with Crippen LogP contribution in [-0.4, -0.2) is 43.9 Å². The Morgan fingerprint density at radius 3 is 2.20 bits per heavy atom. The molecule has 1 heterocycles. The molecule has 0 aliphatic rings. The van der Waals surface area contributed by atoms with Gasteiger partial charge in [0.2, 0.25) is 5.91 Å². The molecule has 3 rings (SSSR count). The maximum atomic E-state index is 12.9. The number of carbonyl (C=O) groups is 4. The molecule has 0 radical (unpaired) electrons. The summed E-state index contributed by atoms with van der Waals surface area (Å²) in [5, 5.41) is 19.4. The van der Waals surface area contributed by atoms with Crippen molar-refractivity contribution in [2.75, 3.05) is 5.32 Å². The quantitative estimate of drug-likeness (QED) is 0.315. The molecular weight excluding hydrogens is 470 g/mol. The van der Waals surface area contributed by atoms with Crippen LogP contribution in [0.25, 0.3) is 10.9 Å². The van der Waals surface area contributed by atoms with Crippen LogP contribution >= 0.6 is 0 Å². The van der Waals surface area contributed by atoms with Crippen molar-refractivity contribution in [2.24, 2.45) is 5.73 Å². The molecule has 6 N–H and O–H groups in total. The number of carboxylic acid groups (broad SMARTS) is 2. The Labute approximate surface area is 195 Å². The number of hydrogen-bond donors (Lipinski definition) is 5. The van der Waals surface area contributed by atoms with Crippen LogP contribution in [-0.2, 0) is 20.8 Å². The monoisotopic (exact) mass is 490 g/mol. The number of nitrogens with zero attached hydrogens (tertiary/aromatic N) is 1. The molecule has 0 aliphatic carbocycles. The summed E-state index contributed by atoms with van der Waals surface area (Å²) in [4.78, 5) is 61.1. The zero-order chi connectivity index (χ0) is 26.1. The van der Waals surface area contributed by atoms with Crippen LogP contribution in [0.1, 0.15) is 35.4 Å². The van der Waals surface area contributed by atoms with Crippen LogP contribution in [0, 0.1) is 11.6 Å². The van der Waals surface area contributed by atoms with E-state index in [0.717, 1.165) is 18.2 Å². The Bertz CT molecular complexity index is 1340. The Morgan fingerprint density at radius 1 is 0.943 bits per heavy atom. The number of aliphatic carboxylic acids is 2. The Hall–Kier alpha value is -4.68. The maximum absolute atomic E-state index is 12.9. The lowest BCUT2D eigenvalue weighted by Crippen LogP contribution is -2.19. The fraction of sp³-hybridized carbons (Fsp3) is 0.182. The molecule has 3 aromatic rings. The first-order valence-corrected chi connectivity index (χ1v) is 9.97. The fourth-order valence-electron chi connectivity index (χ4n) is 2.77. The number of amides is 2. The number of benzene rings is 2. The van der Waals surface area contributed by atoms with Gasteiger partial charge in [0.15, 0.2) is 0 Å². The summed E-state index contributed by atoms with van der Waals surface area (Å²) in [6, 6.07) is 6.84. The third-order valence-electron chi connectivity index (χ3n) is 4.38. The predicted octanol–water partition coefficient (Wildman–Crippen LogP) is 1.81. The lowest BCUT2D eigenvalue weighted by atomic mass is 10.1. The standard InChI is InChI=1S/C11H11FN2O4.C11H9FN2O3/c12-6-1-2-8(7(5-6)11(13)18)14-9(15)3-4-10(16)17;12-6-1-2-8-7(5-6)11(17)14-9(13-8)3-4-10(15)16/h1-2,5H,3-4H2,(H2,13,18)(H,14,15)(H,16,17);1-2,5H,3-4H2,(H,15,16)(H,13,14,17). The van der Waals surface area contributed by atoms with Gasteiger partial charge in [0.05, 0.1) is 35.0 Å². The van der Waals surface area contributed by atoms with E-state index in [0.29, 0.717) is 5.52 Å². The van der Waals surface area contributed by atoms with Gasteiger partial charge in [-0.25, -0.2) is 13.8 Å². The van der Waals surface area contributed by atoms with Crippen LogP contribution in [0.5, 0.6) is 0 Å². The van der Waals surface area contributed by atoms with Gasteiger partial charge in [-0.1, -0.05) is 0 Å². The second kappa shape index (κ2) is 12.0. The van der Waals surface area contributed by atoms with Gasteiger partial charge < -0.3 is 26.2 Å². The van der Waals surface area contributed by atoms with Crippen molar-refractivity contribution >= 4 is 40.3 Å².